The highest BCUT2D eigenvalue weighted by molar-refractivity contribution is 5.57. The van der Waals surface area contributed by atoms with Crippen LogP contribution in [0.5, 0.6) is 0 Å². The largest absolute Gasteiger partial charge is 0.383 e. The van der Waals surface area contributed by atoms with Crippen LogP contribution in [0.2, 0.25) is 0 Å². The Morgan fingerprint density at radius 2 is 1.74 bits per heavy atom. The Morgan fingerprint density at radius 3 is 2.32 bits per heavy atom. The molecule has 2 N–H and O–H groups in total. The highest BCUT2D eigenvalue weighted by Crippen LogP contribution is 2.22. The van der Waals surface area contributed by atoms with Gasteiger partial charge in [0.2, 0.25) is 0 Å². The summed E-state index contributed by atoms with van der Waals surface area (Å²) in [5, 5.41) is 7.07. The van der Waals surface area contributed by atoms with Crippen molar-refractivity contribution in [3.05, 3.63) is 29.3 Å². The molecule has 1 fully saturated rings. The molecule has 1 aliphatic rings. The van der Waals surface area contributed by atoms with Gasteiger partial charge < -0.3 is 10.6 Å². The Morgan fingerprint density at radius 1 is 1.11 bits per heavy atom. The number of anilines is 1. The molecule has 0 amide bonds. The second-order valence-corrected chi connectivity index (χ2v) is 5.18. The van der Waals surface area contributed by atoms with E-state index in [-0.39, 0.29) is 0 Å². The van der Waals surface area contributed by atoms with Crippen LogP contribution in [0.25, 0.3) is 0 Å². The number of benzene rings is 1. The van der Waals surface area contributed by atoms with Crippen molar-refractivity contribution in [2.75, 3.05) is 44.6 Å². The lowest BCUT2D eigenvalue weighted by Gasteiger charge is -2.27. The molecule has 0 bridgehead atoms. The van der Waals surface area contributed by atoms with Gasteiger partial charge in [0.25, 0.3) is 0 Å². The summed E-state index contributed by atoms with van der Waals surface area (Å²) in [5.74, 6) is 0. The maximum atomic E-state index is 3.67. The van der Waals surface area contributed by atoms with E-state index in [0.717, 1.165) is 39.0 Å². The fourth-order valence-electron chi connectivity index (χ4n) is 2.74. The number of piperazine rings is 1. The summed E-state index contributed by atoms with van der Waals surface area (Å²) < 4.78 is 0. The Balaban J connectivity index is 1.90. The van der Waals surface area contributed by atoms with Crippen molar-refractivity contribution < 1.29 is 0 Å². The van der Waals surface area contributed by atoms with Crippen molar-refractivity contribution >= 4 is 5.69 Å². The van der Waals surface area contributed by atoms with Gasteiger partial charge in [-0.15, -0.1) is 0 Å². The minimum absolute atomic E-state index is 1.05. The van der Waals surface area contributed by atoms with Gasteiger partial charge in [0.15, 0.2) is 0 Å². The molecule has 19 heavy (non-hydrogen) atoms. The fourth-order valence-corrected chi connectivity index (χ4v) is 2.74. The van der Waals surface area contributed by atoms with Crippen LogP contribution >= 0.6 is 0 Å². The molecule has 0 atom stereocenters. The van der Waals surface area contributed by atoms with Crippen LogP contribution in [0.1, 0.15) is 25.0 Å². The summed E-state index contributed by atoms with van der Waals surface area (Å²) in [6, 6.07) is 6.66. The molecule has 1 aromatic rings. The van der Waals surface area contributed by atoms with E-state index in [1.807, 2.05) is 0 Å². The van der Waals surface area contributed by atoms with Crippen LogP contribution < -0.4 is 10.6 Å². The quantitative estimate of drug-likeness (QED) is 0.821. The summed E-state index contributed by atoms with van der Waals surface area (Å²) in [4.78, 5) is 2.53. The summed E-state index contributed by atoms with van der Waals surface area (Å²) in [6.07, 6.45) is 2.20. The summed E-state index contributed by atoms with van der Waals surface area (Å²) in [6.45, 7) is 11.3. The summed E-state index contributed by atoms with van der Waals surface area (Å²) in [7, 11) is 0. The zero-order valence-electron chi connectivity index (χ0n) is 12.3. The minimum atomic E-state index is 1.05. The second kappa shape index (κ2) is 7.51. The molecule has 0 spiro atoms. The average Bonchev–Trinajstić information content (AvgIpc) is 2.48. The molecule has 3 heteroatoms. The van der Waals surface area contributed by atoms with Gasteiger partial charge in [-0.05, 0) is 24.0 Å². The lowest BCUT2D eigenvalue weighted by molar-refractivity contribution is 0.249. The Hall–Kier alpha value is -1.06. The molecular weight excluding hydrogens is 234 g/mol. The Kier molecular flexibility index (Phi) is 5.67. The van der Waals surface area contributed by atoms with Crippen LogP contribution in [0, 0.1) is 0 Å². The second-order valence-electron chi connectivity index (χ2n) is 5.18. The van der Waals surface area contributed by atoms with E-state index in [9.17, 15) is 0 Å². The predicted molar refractivity (Wildman–Crippen MR) is 83.0 cm³/mol. The molecule has 1 aromatic carbocycles. The zero-order valence-corrected chi connectivity index (χ0v) is 12.3. The van der Waals surface area contributed by atoms with Crippen LogP contribution in [0.4, 0.5) is 5.69 Å². The first kappa shape index (κ1) is 14.4. The predicted octanol–water partition coefficient (Wildman–Crippen LogP) is 2.13. The van der Waals surface area contributed by atoms with Crippen molar-refractivity contribution in [3.8, 4) is 0 Å². The standard InChI is InChI=1S/C16H27N3/c1-3-14-6-5-7-15(4-2)16(14)18-10-13-19-11-8-17-9-12-19/h5-7,17-18H,3-4,8-13H2,1-2H3. The zero-order chi connectivity index (χ0) is 13.5. The normalized spacial score (nSPS) is 16.5. The third kappa shape index (κ3) is 3.95. The molecule has 0 aromatic heterocycles. The van der Waals surface area contributed by atoms with E-state index in [4.69, 9.17) is 0 Å². The van der Waals surface area contributed by atoms with Gasteiger partial charge in [-0.25, -0.2) is 0 Å². The number of aryl methyl sites for hydroxylation is 2. The van der Waals surface area contributed by atoms with Gasteiger partial charge in [-0.3, -0.25) is 4.90 Å². The lowest BCUT2D eigenvalue weighted by atomic mass is 10.0. The van der Waals surface area contributed by atoms with Crippen molar-refractivity contribution in [2.24, 2.45) is 0 Å². The van der Waals surface area contributed by atoms with Crippen LogP contribution in [0.3, 0.4) is 0 Å². The number of rotatable bonds is 6. The van der Waals surface area contributed by atoms with E-state index < -0.39 is 0 Å². The van der Waals surface area contributed by atoms with Gasteiger partial charge in [0.1, 0.15) is 0 Å². The smallest absolute Gasteiger partial charge is 0.0405 e. The van der Waals surface area contributed by atoms with E-state index in [0.29, 0.717) is 0 Å². The fraction of sp³-hybridized carbons (Fsp3) is 0.625. The third-order valence-electron chi connectivity index (χ3n) is 3.94. The Labute approximate surface area is 117 Å². The van der Waals surface area contributed by atoms with Gasteiger partial charge in [0, 0.05) is 45.0 Å². The third-order valence-corrected chi connectivity index (χ3v) is 3.94. The molecule has 0 aliphatic carbocycles. The summed E-state index contributed by atoms with van der Waals surface area (Å²) >= 11 is 0. The van der Waals surface area contributed by atoms with Crippen LogP contribution in [-0.4, -0.2) is 44.2 Å². The minimum Gasteiger partial charge on any atom is -0.383 e. The van der Waals surface area contributed by atoms with E-state index >= 15 is 0 Å². The number of hydrogen-bond donors (Lipinski definition) is 2. The monoisotopic (exact) mass is 261 g/mol. The van der Waals surface area contributed by atoms with Crippen molar-refractivity contribution in [2.45, 2.75) is 26.7 Å². The lowest BCUT2D eigenvalue weighted by Crippen LogP contribution is -2.45. The average molecular weight is 261 g/mol. The maximum absolute atomic E-state index is 3.67. The van der Waals surface area contributed by atoms with E-state index in [2.05, 4.69) is 47.6 Å². The Bertz CT molecular complexity index is 361. The SMILES string of the molecule is CCc1cccc(CC)c1NCCN1CCNCC1. The number of hydrogen-bond acceptors (Lipinski definition) is 3. The first-order chi connectivity index (χ1) is 9.35. The topological polar surface area (TPSA) is 27.3 Å². The first-order valence-corrected chi connectivity index (χ1v) is 7.62. The highest BCUT2D eigenvalue weighted by atomic mass is 15.2. The molecule has 0 radical (unpaired) electrons. The van der Waals surface area contributed by atoms with Gasteiger partial charge >= 0.3 is 0 Å². The molecule has 106 valence electrons. The molecule has 2 rings (SSSR count). The molecule has 3 nitrogen and oxygen atoms in total. The van der Waals surface area contributed by atoms with Crippen LogP contribution in [-0.2, 0) is 12.8 Å². The number of nitrogens with one attached hydrogen (secondary N) is 2. The molecule has 1 aliphatic heterocycles. The summed E-state index contributed by atoms with van der Waals surface area (Å²) in [5.41, 5.74) is 4.27. The van der Waals surface area contributed by atoms with Crippen molar-refractivity contribution in [1.29, 1.82) is 0 Å². The number of para-hydroxylation sites is 1. The van der Waals surface area contributed by atoms with Crippen LogP contribution in [0.15, 0.2) is 18.2 Å². The maximum Gasteiger partial charge on any atom is 0.0405 e. The molecule has 0 saturated carbocycles. The highest BCUT2D eigenvalue weighted by Gasteiger charge is 2.10. The van der Waals surface area contributed by atoms with E-state index in [1.165, 1.54) is 29.9 Å². The molecular formula is C16H27N3. The number of nitrogens with zero attached hydrogens (tertiary/aromatic N) is 1. The van der Waals surface area contributed by atoms with Gasteiger partial charge in [0.05, 0.1) is 0 Å². The van der Waals surface area contributed by atoms with Crippen molar-refractivity contribution in [3.63, 3.8) is 0 Å². The molecule has 0 unspecified atom stereocenters. The molecule has 1 saturated heterocycles. The molecule has 1 heterocycles. The van der Waals surface area contributed by atoms with E-state index in [1.54, 1.807) is 0 Å². The first-order valence-electron chi connectivity index (χ1n) is 7.62. The van der Waals surface area contributed by atoms with Gasteiger partial charge in [-0.2, -0.15) is 0 Å². The van der Waals surface area contributed by atoms with Gasteiger partial charge in [-0.1, -0.05) is 32.0 Å². The van der Waals surface area contributed by atoms with Crippen molar-refractivity contribution in [1.82, 2.24) is 10.2 Å².